The van der Waals surface area contributed by atoms with Crippen molar-refractivity contribution in [3.63, 3.8) is 0 Å². The number of fused-ring (bicyclic) bond motifs is 1. The molecule has 116 valence electrons. The number of carbonyl (C=O) groups excluding carboxylic acids is 1. The van der Waals surface area contributed by atoms with Gasteiger partial charge in [0.25, 0.3) is 5.91 Å². The van der Waals surface area contributed by atoms with Crippen molar-refractivity contribution in [1.29, 1.82) is 0 Å². The third-order valence-electron chi connectivity index (χ3n) is 3.36. The van der Waals surface area contributed by atoms with Crippen LogP contribution in [0.4, 0.5) is 0 Å². The molecule has 1 heterocycles. The predicted octanol–water partition coefficient (Wildman–Crippen LogP) is 1.68. The van der Waals surface area contributed by atoms with Gasteiger partial charge in [0.1, 0.15) is 17.8 Å². The molecule has 2 aromatic carbocycles. The van der Waals surface area contributed by atoms with Crippen LogP contribution in [0.5, 0.6) is 5.75 Å². The van der Waals surface area contributed by atoms with Crippen molar-refractivity contribution >= 4 is 22.7 Å². The zero-order chi connectivity index (χ0) is 16.2. The normalized spacial score (nSPS) is 11.6. The number of hydrogen-bond acceptors (Lipinski definition) is 5. The lowest BCUT2D eigenvalue weighted by molar-refractivity contribution is -0.121. The van der Waals surface area contributed by atoms with Gasteiger partial charge in [-0.1, -0.05) is 29.5 Å². The van der Waals surface area contributed by atoms with Gasteiger partial charge in [0, 0.05) is 5.56 Å². The van der Waals surface area contributed by atoms with Crippen LogP contribution in [-0.2, 0) is 11.3 Å². The van der Waals surface area contributed by atoms with Crippen LogP contribution in [0.2, 0.25) is 0 Å². The molecule has 0 aliphatic heterocycles. The van der Waals surface area contributed by atoms with Gasteiger partial charge in [0.2, 0.25) is 0 Å². The van der Waals surface area contributed by atoms with Crippen LogP contribution < -0.4 is 5.43 Å². The number of aromatic nitrogens is 3. The molecule has 0 aliphatic carbocycles. The molecule has 0 unspecified atom stereocenters. The lowest BCUT2D eigenvalue weighted by atomic mass is 10.1. The number of hydrazone groups is 1. The van der Waals surface area contributed by atoms with E-state index in [1.54, 1.807) is 31.2 Å². The summed E-state index contributed by atoms with van der Waals surface area (Å²) in [7, 11) is 0. The second-order valence-electron chi connectivity index (χ2n) is 4.99. The first-order valence-corrected chi connectivity index (χ1v) is 7.05. The van der Waals surface area contributed by atoms with Crippen molar-refractivity contribution in [2.45, 2.75) is 13.5 Å². The highest BCUT2D eigenvalue weighted by Gasteiger charge is 2.09. The van der Waals surface area contributed by atoms with E-state index < -0.39 is 0 Å². The molecule has 23 heavy (non-hydrogen) atoms. The quantitative estimate of drug-likeness (QED) is 0.566. The van der Waals surface area contributed by atoms with Gasteiger partial charge in [-0.3, -0.25) is 4.79 Å². The largest absolute Gasteiger partial charge is 0.507 e. The topological polar surface area (TPSA) is 92.4 Å². The van der Waals surface area contributed by atoms with E-state index in [9.17, 15) is 9.90 Å². The molecule has 3 rings (SSSR count). The molecule has 0 fully saturated rings. The second-order valence-corrected chi connectivity index (χ2v) is 4.99. The van der Waals surface area contributed by atoms with E-state index in [0.717, 1.165) is 11.0 Å². The van der Waals surface area contributed by atoms with Gasteiger partial charge in [-0.05, 0) is 31.2 Å². The average Bonchev–Trinajstić information content (AvgIpc) is 2.96. The molecule has 0 radical (unpaired) electrons. The van der Waals surface area contributed by atoms with Crippen LogP contribution in [-0.4, -0.2) is 31.7 Å². The van der Waals surface area contributed by atoms with Gasteiger partial charge in [-0.25, -0.2) is 10.1 Å². The minimum Gasteiger partial charge on any atom is -0.507 e. The fraction of sp³-hybridized carbons (Fsp3) is 0.125. The molecule has 0 saturated carbocycles. The van der Waals surface area contributed by atoms with Crippen LogP contribution in [0.1, 0.15) is 12.5 Å². The fourth-order valence-corrected chi connectivity index (χ4v) is 2.19. The van der Waals surface area contributed by atoms with Crippen molar-refractivity contribution in [1.82, 2.24) is 20.4 Å². The first-order chi connectivity index (χ1) is 11.1. The number of aromatic hydroxyl groups is 1. The van der Waals surface area contributed by atoms with Crippen LogP contribution in [0.3, 0.4) is 0 Å². The minimum absolute atomic E-state index is 0.0120. The van der Waals surface area contributed by atoms with Gasteiger partial charge in [0.15, 0.2) is 0 Å². The first kappa shape index (κ1) is 14.7. The minimum atomic E-state index is -0.324. The summed E-state index contributed by atoms with van der Waals surface area (Å²) in [6, 6.07) is 14.2. The van der Waals surface area contributed by atoms with Crippen molar-refractivity contribution in [2.24, 2.45) is 5.10 Å². The molecule has 0 spiro atoms. The summed E-state index contributed by atoms with van der Waals surface area (Å²) in [5.74, 6) is -0.208. The molecule has 0 saturated heterocycles. The number of hydrogen-bond donors (Lipinski definition) is 2. The number of amides is 1. The number of rotatable bonds is 4. The van der Waals surface area contributed by atoms with Gasteiger partial charge in [-0.2, -0.15) is 5.10 Å². The Morgan fingerprint density at radius 2 is 1.96 bits per heavy atom. The van der Waals surface area contributed by atoms with Gasteiger partial charge < -0.3 is 5.11 Å². The Bertz CT molecular complexity index is 885. The summed E-state index contributed by atoms with van der Waals surface area (Å²) < 4.78 is 1.51. The Labute approximate surface area is 132 Å². The van der Waals surface area contributed by atoms with Crippen molar-refractivity contribution < 1.29 is 9.90 Å². The standard InChI is InChI=1S/C16H15N5O2/c1-11(12-6-2-5-9-15(12)22)17-19-16(23)10-21-14-8-4-3-7-13(14)18-20-21/h2-9,22H,10H2,1H3,(H,19,23). The lowest BCUT2D eigenvalue weighted by Crippen LogP contribution is -2.24. The second kappa shape index (κ2) is 6.27. The number of nitrogens with one attached hydrogen (secondary N) is 1. The van der Waals surface area contributed by atoms with E-state index >= 15 is 0 Å². The Balaban J connectivity index is 1.70. The number of phenolic OH excluding ortho intramolecular Hbond substituents is 1. The predicted molar refractivity (Wildman–Crippen MR) is 86.0 cm³/mol. The van der Waals surface area contributed by atoms with E-state index in [2.05, 4.69) is 20.8 Å². The number of nitrogens with zero attached hydrogens (tertiary/aromatic N) is 4. The highest BCUT2D eigenvalue weighted by molar-refractivity contribution is 6.01. The molecule has 0 atom stereocenters. The van der Waals surface area contributed by atoms with Crippen LogP contribution in [0, 0.1) is 0 Å². The van der Waals surface area contributed by atoms with Crippen molar-refractivity contribution in [3.8, 4) is 5.75 Å². The van der Waals surface area contributed by atoms with Gasteiger partial charge in [-0.15, -0.1) is 5.10 Å². The summed E-state index contributed by atoms with van der Waals surface area (Å²) >= 11 is 0. The number of benzene rings is 2. The maximum atomic E-state index is 12.0. The zero-order valence-corrected chi connectivity index (χ0v) is 12.5. The third kappa shape index (κ3) is 3.18. The molecule has 1 aromatic heterocycles. The third-order valence-corrected chi connectivity index (χ3v) is 3.36. The first-order valence-electron chi connectivity index (χ1n) is 7.05. The van der Waals surface area contributed by atoms with E-state index in [1.165, 1.54) is 4.68 Å². The Morgan fingerprint density at radius 1 is 1.22 bits per heavy atom. The molecule has 7 nitrogen and oxygen atoms in total. The zero-order valence-electron chi connectivity index (χ0n) is 12.5. The number of phenols is 1. The van der Waals surface area contributed by atoms with E-state index in [4.69, 9.17) is 0 Å². The Morgan fingerprint density at radius 3 is 2.78 bits per heavy atom. The molecule has 7 heteroatoms. The molecule has 0 aliphatic rings. The molecule has 2 N–H and O–H groups in total. The molecular formula is C16H15N5O2. The maximum absolute atomic E-state index is 12.0. The molecule has 0 bridgehead atoms. The summed E-state index contributed by atoms with van der Waals surface area (Å²) in [5.41, 5.74) is 5.05. The Kier molecular flexibility index (Phi) is 4.01. The monoisotopic (exact) mass is 309 g/mol. The van der Waals surface area contributed by atoms with E-state index in [-0.39, 0.29) is 18.2 Å². The number of para-hydroxylation sites is 2. The molecule has 3 aromatic rings. The summed E-state index contributed by atoms with van der Waals surface area (Å²) in [4.78, 5) is 12.0. The average molecular weight is 309 g/mol. The van der Waals surface area contributed by atoms with Crippen LogP contribution in [0.15, 0.2) is 53.6 Å². The number of carbonyl (C=O) groups is 1. The molecular weight excluding hydrogens is 294 g/mol. The SMILES string of the molecule is CC(=NNC(=O)Cn1nnc2ccccc21)c1ccccc1O. The summed E-state index contributed by atoms with van der Waals surface area (Å²) in [6.45, 7) is 1.72. The van der Waals surface area contributed by atoms with E-state index in [0.29, 0.717) is 11.3 Å². The fourth-order valence-electron chi connectivity index (χ4n) is 2.19. The summed E-state index contributed by atoms with van der Waals surface area (Å²) in [6.07, 6.45) is 0. The van der Waals surface area contributed by atoms with Crippen molar-refractivity contribution in [3.05, 3.63) is 54.1 Å². The van der Waals surface area contributed by atoms with Crippen LogP contribution >= 0.6 is 0 Å². The lowest BCUT2D eigenvalue weighted by Gasteiger charge is -2.05. The van der Waals surface area contributed by atoms with Crippen LogP contribution in [0.25, 0.3) is 11.0 Å². The smallest absolute Gasteiger partial charge is 0.261 e. The summed E-state index contributed by atoms with van der Waals surface area (Å²) in [5, 5.41) is 21.7. The van der Waals surface area contributed by atoms with Crippen molar-refractivity contribution in [2.75, 3.05) is 0 Å². The Hall–Kier alpha value is -3.22. The maximum Gasteiger partial charge on any atom is 0.261 e. The van der Waals surface area contributed by atoms with Gasteiger partial charge in [0.05, 0.1) is 11.2 Å². The highest BCUT2D eigenvalue weighted by Crippen LogP contribution is 2.16. The molecule has 1 amide bonds. The van der Waals surface area contributed by atoms with E-state index in [1.807, 2.05) is 24.3 Å². The van der Waals surface area contributed by atoms with Gasteiger partial charge >= 0.3 is 0 Å². The highest BCUT2D eigenvalue weighted by atomic mass is 16.3.